The van der Waals surface area contributed by atoms with E-state index in [9.17, 15) is 0 Å². The van der Waals surface area contributed by atoms with Crippen LogP contribution in [0.4, 0.5) is 0 Å². The number of aryl methyl sites for hydroxylation is 1. The molecular formula is C14H17ClSSi. The Kier molecular flexibility index (Phi) is 3.48. The molecule has 17 heavy (non-hydrogen) atoms. The third kappa shape index (κ3) is 2.82. The second kappa shape index (κ2) is 4.60. The van der Waals surface area contributed by atoms with E-state index in [1.165, 1.54) is 21.2 Å². The average Bonchev–Trinajstić information content (AvgIpc) is 2.60. The summed E-state index contributed by atoms with van der Waals surface area (Å²) >= 11 is 8.13. The number of rotatable bonds is 2. The molecule has 1 heterocycles. The van der Waals surface area contributed by atoms with E-state index in [1.54, 1.807) is 11.3 Å². The van der Waals surface area contributed by atoms with Crippen LogP contribution in [0.2, 0.25) is 24.0 Å². The first-order chi connectivity index (χ1) is 7.88. The zero-order chi connectivity index (χ0) is 12.6. The molecule has 0 aliphatic carbocycles. The van der Waals surface area contributed by atoms with Crippen LogP contribution in [0.5, 0.6) is 0 Å². The molecule has 1 aromatic heterocycles. The van der Waals surface area contributed by atoms with Crippen molar-refractivity contribution in [3.8, 4) is 11.1 Å². The zero-order valence-corrected chi connectivity index (χ0v) is 13.2. The third-order valence-electron chi connectivity index (χ3n) is 2.76. The van der Waals surface area contributed by atoms with Gasteiger partial charge < -0.3 is 0 Å². The van der Waals surface area contributed by atoms with Gasteiger partial charge in [0.05, 0.1) is 8.07 Å². The van der Waals surface area contributed by atoms with Gasteiger partial charge in [-0.05, 0) is 23.1 Å². The lowest BCUT2D eigenvalue weighted by atomic mass is 10.1. The summed E-state index contributed by atoms with van der Waals surface area (Å²) in [4.78, 5) is 0. The van der Waals surface area contributed by atoms with Gasteiger partial charge in [0, 0.05) is 5.56 Å². The molecule has 1 aromatic carbocycles. The quantitative estimate of drug-likeness (QED) is 0.685. The van der Waals surface area contributed by atoms with Crippen molar-refractivity contribution >= 4 is 35.5 Å². The summed E-state index contributed by atoms with van der Waals surface area (Å²) in [5, 5.41) is 0. The van der Waals surface area contributed by atoms with Crippen LogP contribution in [0.15, 0.2) is 30.3 Å². The van der Waals surface area contributed by atoms with Gasteiger partial charge >= 0.3 is 0 Å². The van der Waals surface area contributed by atoms with Gasteiger partial charge in [0.1, 0.15) is 4.34 Å². The van der Waals surface area contributed by atoms with E-state index in [1.807, 2.05) is 0 Å². The molecule has 0 aliphatic rings. The molecule has 2 rings (SSSR count). The van der Waals surface area contributed by atoms with E-state index < -0.39 is 8.07 Å². The smallest absolute Gasteiger partial charge is 0.101 e. The summed E-state index contributed by atoms with van der Waals surface area (Å²) in [6.07, 6.45) is 0. The first-order valence-electron chi connectivity index (χ1n) is 5.75. The van der Waals surface area contributed by atoms with E-state index >= 15 is 0 Å². The predicted octanol–water partition coefficient (Wildman–Crippen LogP) is 4.92. The number of benzene rings is 1. The largest absolute Gasteiger partial charge is 0.133 e. The summed E-state index contributed by atoms with van der Waals surface area (Å²) < 4.78 is 2.40. The Balaban J connectivity index is 2.50. The number of thiophene rings is 1. The Bertz CT molecular complexity index is 537. The van der Waals surface area contributed by atoms with E-state index in [4.69, 9.17) is 11.6 Å². The lowest BCUT2D eigenvalue weighted by Crippen LogP contribution is -2.34. The van der Waals surface area contributed by atoms with Crippen LogP contribution in [-0.4, -0.2) is 8.07 Å². The highest BCUT2D eigenvalue weighted by molar-refractivity contribution is 7.29. The van der Waals surface area contributed by atoms with Gasteiger partial charge in [0.2, 0.25) is 0 Å². The molecule has 0 spiro atoms. The van der Waals surface area contributed by atoms with E-state index in [0.29, 0.717) is 0 Å². The van der Waals surface area contributed by atoms with Gasteiger partial charge in [0.25, 0.3) is 0 Å². The maximum atomic E-state index is 6.38. The minimum Gasteiger partial charge on any atom is -0.133 e. The van der Waals surface area contributed by atoms with Crippen LogP contribution in [0.1, 0.15) is 5.56 Å². The number of hydrogen-bond acceptors (Lipinski definition) is 1. The molecular weight excluding hydrogens is 264 g/mol. The van der Waals surface area contributed by atoms with Crippen LogP contribution < -0.4 is 4.50 Å². The fourth-order valence-electron chi connectivity index (χ4n) is 1.75. The minimum atomic E-state index is -1.26. The highest BCUT2D eigenvalue weighted by Gasteiger charge is 2.21. The van der Waals surface area contributed by atoms with Crippen LogP contribution in [0.3, 0.4) is 0 Å². The SMILES string of the molecule is Cc1cccc(-c2cc([Si](C)(C)C)sc2Cl)c1. The summed E-state index contributed by atoms with van der Waals surface area (Å²) in [7, 11) is -1.26. The molecule has 0 N–H and O–H groups in total. The van der Waals surface area contributed by atoms with Crippen molar-refractivity contribution in [1.82, 2.24) is 0 Å². The maximum Gasteiger partial charge on any atom is 0.101 e. The lowest BCUT2D eigenvalue weighted by Gasteiger charge is -2.12. The van der Waals surface area contributed by atoms with Crippen molar-refractivity contribution in [3.05, 3.63) is 40.2 Å². The summed E-state index contributed by atoms with van der Waals surface area (Å²) in [6, 6.07) is 10.8. The van der Waals surface area contributed by atoms with Crippen molar-refractivity contribution < 1.29 is 0 Å². The van der Waals surface area contributed by atoms with E-state index in [-0.39, 0.29) is 0 Å². The van der Waals surface area contributed by atoms with Gasteiger partial charge in [0.15, 0.2) is 0 Å². The second-order valence-corrected chi connectivity index (χ2v) is 12.5. The molecule has 0 aliphatic heterocycles. The van der Waals surface area contributed by atoms with Gasteiger partial charge in [-0.25, -0.2) is 0 Å². The molecule has 0 nitrogen and oxygen atoms in total. The topological polar surface area (TPSA) is 0 Å². The van der Waals surface area contributed by atoms with Crippen molar-refractivity contribution in [2.24, 2.45) is 0 Å². The zero-order valence-electron chi connectivity index (χ0n) is 10.7. The molecule has 0 bridgehead atoms. The Morgan fingerprint density at radius 2 is 1.82 bits per heavy atom. The van der Waals surface area contributed by atoms with Gasteiger partial charge in [-0.15, -0.1) is 11.3 Å². The van der Waals surface area contributed by atoms with E-state index in [0.717, 1.165) is 4.34 Å². The summed E-state index contributed by atoms with van der Waals surface area (Å²) in [5.74, 6) is 0. The van der Waals surface area contributed by atoms with Gasteiger partial charge in [-0.1, -0.05) is 61.1 Å². The van der Waals surface area contributed by atoms with Crippen molar-refractivity contribution in [3.63, 3.8) is 0 Å². The van der Waals surface area contributed by atoms with Crippen LogP contribution in [0.25, 0.3) is 11.1 Å². The number of hydrogen-bond donors (Lipinski definition) is 0. The fourth-order valence-corrected chi connectivity index (χ4v) is 5.12. The molecule has 3 heteroatoms. The van der Waals surface area contributed by atoms with Gasteiger partial charge in [-0.3, -0.25) is 0 Å². The third-order valence-corrected chi connectivity index (χ3v) is 7.69. The lowest BCUT2D eigenvalue weighted by molar-refractivity contribution is 1.47. The first kappa shape index (κ1) is 12.9. The molecule has 0 unspecified atom stereocenters. The average molecular weight is 281 g/mol. The Morgan fingerprint density at radius 1 is 1.12 bits per heavy atom. The van der Waals surface area contributed by atoms with Crippen LogP contribution >= 0.6 is 22.9 Å². The summed E-state index contributed by atoms with van der Waals surface area (Å²) in [6.45, 7) is 9.18. The highest BCUT2D eigenvalue weighted by Crippen LogP contribution is 2.33. The summed E-state index contributed by atoms with van der Waals surface area (Å²) in [5.41, 5.74) is 3.70. The molecule has 0 fully saturated rings. The van der Waals surface area contributed by atoms with Crippen molar-refractivity contribution in [2.75, 3.05) is 0 Å². The minimum absolute atomic E-state index is 0.924. The Morgan fingerprint density at radius 3 is 2.35 bits per heavy atom. The van der Waals surface area contributed by atoms with E-state index in [2.05, 4.69) is 56.9 Å². The Labute approximate surface area is 113 Å². The molecule has 2 aromatic rings. The molecule has 0 amide bonds. The molecule has 90 valence electrons. The monoisotopic (exact) mass is 280 g/mol. The normalized spacial score (nSPS) is 11.8. The van der Waals surface area contributed by atoms with Gasteiger partial charge in [-0.2, -0.15) is 0 Å². The number of halogens is 1. The van der Waals surface area contributed by atoms with Crippen LogP contribution in [0, 0.1) is 6.92 Å². The molecule has 0 saturated heterocycles. The first-order valence-corrected chi connectivity index (χ1v) is 10.4. The second-order valence-electron chi connectivity index (χ2n) is 5.42. The van der Waals surface area contributed by atoms with Crippen LogP contribution in [-0.2, 0) is 0 Å². The molecule has 0 atom stereocenters. The molecule has 0 radical (unpaired) electrons. The van der Waals surface area contributed by atoms with Crippen molar-refractivity contribution in [2.45, 2.75) is 26.6 Å². The highest BCUT2D eigenvalue weighted by atomic mass is 35.5. The standard InChI is InChI=1S/C14H17ClSSi/c1-10-6-5-7-11(8-10)12-9-13(16-14(12)15)17(2,3)4/h5-9H,1-4H3. The predicted molar refractivity (Wildman–Crippen MR) is 82.5 cm³/mol. The van der Waals surface area contributed by atoms with Crippen molar-refractivity contribution in [1.29, 1.82) is 0 Å². The maximum absolute atomic E-state index is 6.38. The fraction of sp³-hybridized carbons (Fsp3) is 0.286. The Hall–Kier alpha value is -0.573. The molecule has 0 saturated carbocycles.